The van der Waals surface area contributed by atoms with Gasteiger partial charge in [0, 0.05) is 47.8 Å². The molecule has 1 unspecified atom stereocenters. The molecule has 184 valence electrons. The average molecular weight is 490 g/mol. The maximum absolute atomic E-state index is 13.5. The Labute approximate surface area is 211 Å². The highest BCUT2D eigenvalue weighted by Crippen LogP contribution is 2.37. The molecule has 5 rings (SSSR count). The van der Waals surface area contributed by atoms with Gasteiger partial charge in [-0.25, -0.2) is 0 Å². The van der Waals surface area contributed by atoms with Crippen molar-refractivity contribution in [1.29, 1.82) is 0 Å². The molecule has 1 aliphatic carbocycles. The fourth-order valence-corrected chi connectivity index (χ4v) is 6.39. The molecular weight excluding hydrogens is 454 g/mol. The van der Waals surface area contributed by atoms with Crippen LogP contribution in [0.4, 0.5) is 0 Å². The van der Waals surface area contributed by atoms with Gasteiger partial charge in [0.25, 0.3) is 5.91 Å². The molecule has 0 bridgehead atoms. The number of fused-ring (bicyclic) bond motifs is 1. The number of amides is 1. The molecule has 0 radical (unpaired) electrons. The zero-order valence-electron chi connectivity index (χ0n) is 21.1. The minimum Gasteiger partial charge on any atom is -0.347 e. The molecule has 3 aromatic rings. The van der Waals surface area contributed by atoms with Crippen molar-refractivity contribution < 1.29 is 4.79 Å². The molecule has 2 aliphatic rings. The van der Waals surface area contributed by atoms with Crippen LogP contribution in [0.25, 0.3) is 17.3 Å². The van der Waals surface area contributed by atoms with Crippen LogP contribution in [0.5, 0.6) is 0 Å². The van der Waals surface area contributed by atoms with Gasteiger partial charge in [0.2, 0.25) is 0 Å². The lowest BCUT2D eigenvalue weighted by molar-refractivity contribution is 0.0928. The fraction of sp³-hybridized carbons (Fsp3) is 0.464. The van der Waals surface area contributed by atoms with E-state index in [1.165, 1.54) is 21.6 Å². The predicted molar refractivity (Wildman–Crippen MR) is 143 cm³/mol. The highest BCUT2D eigenvalue weighted by Gasteiger charge is 2.30. The maximum atomic E-state index is 13.5. The average Bonchev–Trinajstić information content (AvgIpc) is 3.47. The molecule has 1 aliphatic heterocycles. The third-order valence-electron chi connectivity index (χ3n) is 7.30. The number of pyridine rings is 1. The monoisotopic (exact) mass is 489 g/mol. The molecule has 2 N–H and O–H groups in total. The summed E-state index contributed by atoms with van der Waals surface area (Å²) in [5.41, 5.74) is 7.13. The van der Waals surface area contributed by atoms with Crippen LogP contribution in [0.2, 0.25) is 0 Å². The number of aromatic nitrogens is 3. The molecule has 7 heteroatoms. The minimum atomic E-state index is 0.0109. The number of allylic oxidation sites excluding steroid dienone is 1. The third-order valence-corrected chi connectivity index (χ3v) is 8.58. The highest BCUT2D eigenvalue weighted by molar-refractivity contribution is 7.14. The van der Waals surface area contributed by atoms with E-state index >= 15 is 0 Å². The van der Waals surface area contributed by atoms with Crippen LogP contribution >= 0.6 is 11.3 Å². The lowest BCUT2D eigenvalue weighted by Crippen LogP contribution is -2.50. The fourth-order valence-electron chi connectivity index (χ4n) is 5.39. The molecule has 0 spiro atoms. The zero-order valence-corrected chi connectivity index (χ0v) is 21.9. The van der Waals surface area contributed by atoms with Gasteiger partial charge >= 0.3 is 0 Å². The SMILES string of the molecule is CCc1sc(C(=O)NC2CNCC[C@@H]2c2cnc3c(c2)CCC=C3)cc1-c1c(C(C)C)cnn1C. The largest absolute Gasteiger partial charge is 0.347 e. The quantitative estimate of drug-likeness (QED) is 0.507. The summed E-state index contributed by atoms with van der Waals surface area (Å²) < 4.78 is 1.94. The van der Waals surface area contributed by atoms with Crippen LogP contribution in [-0.2, 0) is 19.9 Å². The maximum Gasteiger partial charge on any atom is 0.261 e. The summed E-state index contributed by atoms with van der Waals surface area (Å²) in [6.07, 6.45) is 12.3. The summed E-state index contributed by atoms with van der Waals surface area (Å²) in [6.45, 7) is 8.26. The van der Waals surface area contributed by atoms with E-state index in [9.17, 15) is 4.79 Å². The van der Waals surface area contributed by atoms with Crippen LogP contribution in [0.15, 0.2) is 30.6 Å². The van der Waals surface area contributed by atoms with Gasteiger partial charge in [0.15, 0.2) is 0 Å². The minimum absolute atomic E-state index is 0.0109. The van der Waals surface area contributed by atoms with E-state index in [0.717, 1.165) is 60.6 Å². The van der Waals surface area contributed by atoms with Crippen molar-refractivity contribution in [2.45, 2.75) is 64.3 Å². The van der Waals surface area contributed by atoms with Gasteiger partial charge in [0.05, 0.1) is 22.5 Å². The van der Waals surface area contributed by atoms with Crippen molar-refractivity contribution in [2.75, 3.05) is 13.1 Å². The smallest absolute Gasteiger partial charge is 0.261 e. The van der Waals surface area contributed by atoms with Crippen molar-refractivity contribution in [3.05, 3.63) is 62.7 Å². The normalized spacial score (nSPS) is 19.7. The summed E-state index contributed by atoms with van der Waals surface area (Å²) >= 11 is 1.61. The number of aryl methyl sites for hydroxylation is 3. The number of carbonyl (C=O) groups excluding carboxylic acids is 1. The molecule has 3 aromatic heterocycles. The predicted octanol–water partition coefficient (Wildman–Crippen LogP) is 5.06. The van der Waals surface area contributed by atoms with Crippen molar-refractivity contribution in [1.82, 2.24) is 25.4 Å². The Kier molecular flexibility index (Phi) is 6.89. The van der Waals surface area contributed by atoms with Crippen LogP contribution in [0.1, 0.15) is 82.4 Å². The van der Waals surface area contributed by atoms with E-state index in [0.29, 0.717) is 5.92 Å². The van der Waals surface area contributed by atoms with E-state index in [2.05, 4.69) is 60.8 Å². The van der Waals surface area contributed by atoms with Gasteiger partial charge in [0.1, 0.15) is 0 Å². The lowest BCUT2D eigenvalue weighted by Gasteiger charge is -2.33. The van der Waals surface area contributed by atoms with Crippen LogP contribution in [0, 0.1) is 0 Å². The van der Waals surface area contributed by atoms with Crippen LogP contribution in [-0.4, -0.2) is 39.8 Å². The molecule has 0 saturated carbocycles. The Morgan fingerprint density at radius 3 is 2.97 bits per heavy atom. The molecule has 1 saturated heterocycles. The summed E-state index contributed by atoms with van der Waals surface area (Å²) in [5.74, 6) is 0.644. The number of piperidine rings is 1. The molecule has 1 fully saturated rings. The molecule has 35 heavy (non-hydrogen) atoms. The van der Waals surface area contributed by atoms with E-state index in [1.807, 2.05) is 24.1 Å². The van der Waals surface area contributed by atoms with E-state index < -0.39 is 0 Å². The topological polar surface area (TPSA) is 71.8 Å². The van der Waals surface area contributed by atoms with Gasteiger partial charge in [-0.1, -0.05) is 32.9 Å². The van der Waals surface area contributed by atoms with Crippen LogP contribution < -0.4 is 10.6 Å². The van der Waals surface area contributed by atoms with Gasteiger partial charge in [-0.3, -0.25) is 14.5 Å². The number of rotatable bonds is 6. The van der Waals surface area contributed by atoms with Crippen LogP contribution in [0.3, 0.4) is 0 Å². The van der Waals surface area contributed by atoms with Crippen molar-refractivity contribution in [3.63, 3.8) is 0 Å². The second-order valence-electron chi connectivity index (χ2n) is 9.96. The van der Waals surface area contributed by atoms with Gasteiger partial charge in [-0.2, -0.15) is 5.10 Å². The Hall–Kier alpha value is -2.77. The first-order valence-corrected chi connectivity index (χ1v) is 13.6. The van der Waals surface area contributed by atoms with Gasteiger partial charge in [-0.15, -0.1) is 11.3 Å². The Bertz CT molecular complexity index is 1250. The number of nitrogens with one attached hydrogen (secondary N) is 2. The first-order valence-electron chi connectivity index (χ1n) is 12.8. The molecule has 0 aromatic carbocycles. The third kappa shape index (κ3) is 4.71. The molecule has 2 atom stereocenters. The van der Waals surface area contributed by atoms with Crippen molar-refractivity contribution >= 4 is 23.3 Å². The number of carbonyl (C=O) groups is 1. The second-order valence-corrected chi connectivity index (χ2v) is 11.1. The number of hydrogen-bond donors (Lipinski definition) is 2. The summed E-state index contributed by atoms with van der Waals surface area (Å²) in [6, 6.07) is 4.42. The highest BCUT2D eigenvalue weighted by atomic mass is 32.1. The van der Waals surface area contributed by atoms with Crippen molar-refractivity contribution in [2.24, 2.45) is 7.05 Å². The first-order chi connectivity index (χ1) is 17.0. The van der Waals surface area contributed by atoms with E-state index in [1.54, 1.807) is 11.3 Å². The summed E-state index contributed by atoms with van der Waals surface area (Å²) in [5, 5.41) is 11.4. The van der Waals surface area contributed by atoms with Gasteiger partial charge < -0.3 is 10.6 Å². The zero-order chi connectivity index (χ0) is 24.5. The molecule has 6 nitrogen and oxygen atoms in total. The first kappa shape index (κ1) is 23.9. The summed E-state index contributed by atoms with van der Waals surface area (Å²) in [4.78, 5) is 20.2. The Balaban J connectivity index is 1.40. The van der Waals surface area contributed by atoms with E-state index in [4.69, 9.17) is 4.98 Å². The number of thiophene rings is 1. The lowest BCUT2D eigenvalue weighted by atomic mass is 9.85. The number of nitrogens with zero attached hydrogens (tertiary/aromatic N) is 3. The Morgan fingerprint density at radius 1 is 1.31 bits per heavy atom. The van der Waals surface area contributed by atoms with Gasteiger partial charge in [-0.05, 0) is 61.4 Å². The summed E-state index contributed by atoms with van der Waals surface area (Å²) in [7, 11) is 1.98. The second kappa shape index (κ2) is 10.1. The molecular formula is C28H35N5OS. The molecule has 4 heterocycles. The van der Waals surface area contributed by atoms with E-state index in [-0.39, 0.29) is 17.9 Å². The standard InChI is InChI=1S/C28H35N5OS/c1-5-25-21(27-22(17(2)3)15-31-33(27)4)13-26(35-25)28(34)32-24-16-29-11-10-20(24)19-12-18-8-6-7-9-23(18)30-14-19/h7,9,12-15,17,20,24,29H,5-6,8,10-11,16H2,1-4H3,(H,32,34)/t20-,24?/m1/s1. The van der Waals surface area contributed by atoms with Crippen molar-refractivity contribution in [3.8, 4) is 11.3 Å². The molecule has 1 amide bonds. The number of hydrogen-bond acceptors (Lipinski definition) is 5. The Morgan fingerprint density at radius 2 is 2.17 bits per heavy atom.